The average molecular weight is 163 g/mol. The molecule has 0 aromatic heterocycles. The number of allylic oxidation sites excluding steroid dienone is 6. The molecule has 0 aliphatic rings. The van der Waals surface area contributed by atoms with Gasteiger partial charge in [-0.15, -0.1) is 0 Å². The number of hydrogen-bond acceptors (Lipinski definition) is 1. The van der Waals surface area contributed by atoms with Crippen LogP contribution in [0, 0.1) is 11.3 Å². The van der Waals surface area contributed by atoms with E-state index < -0.39 is 5.83 Å². The van der Waals surface area contributed by atoms with Crippen LogP contribution in [-0.4, -0.2) is 0 Å². The van der Waals surface area contributed by atoms with Crippen LogP contribution in [0.3, 0.4) is 0 Å². The molecule has 0 aromatic carbocycles. The Morgan fingerprint density at radius 1 is 1.50 bits per heavy atom. The first kappa shape index (κ1) is 10.4. The van der Waals surface area contributed by atoms with Crippen molar-refractivity contribution in [1.29, 1.82) is 5.26 Å². The van der Waals surface area contributed by atoms with Crippen molar-refractivity contribution in [3.63, 3.8) is 0 Å². The Hall–Kier alpha value is -1.62. The van der Waals surface area contributed by atoms with Crippen molar-refractivity contribution < 1.29 is 4.39 Å². The van der Waals surface area contributed by atoms with Crippen LogP contribution in [0.1, 0.15) is 6.92 Å². The third-order valence-corrected chi connectivity index (χ3v) is 1.28. The third-order valence-electron chi connectivity index (χ3n) is 1.28. The predicted octanol–water partition coefficient (Wildman–Crippen LogP) is 3.05. The minimum absolute atomic E-state index is 0.0504. The quantitative estimate of drug-likeness (QED) is 0.463. The summed E-state index contributed by atoms with van der Waals surface area (Å²) in [5.74, 6) is -0.549. The molecule has 0 atom stereocenters. The van der Waals surface area contributed by atoms with Crippen molar-refractivity contribution in [3.8, 4) is 6.07 Å². The summed E-state index contributed by atoms with van der Waals surface area (Å²) in [4.78, 5) is 0. The van der Waals surface area contributed by atoms with Gasteiger partial charge in [0, 0.05) is 0 Å². The summed E-state index contributed by atoms with van der Waals surface area (Å²) in [5.41, 5.74) is 0.326. The van der Waals surface area contributed by atoms with E-state index in [9.17, 15) is 4.39 Å². The summed E-state index contributed by atoms with van der Waals surface area (Å²) in [6.07, 6.45) is 4.15. The number of nitrogens with zero attached hydrogens (tertiary/aromatic N) is 1. The Morgan fingerprint density at radius 3 is 2.42 bits per heavy atom. The zero-order valence-corrected chi connectivity index (χ0v) is 6.97. The number of rotatable bonds is 3. The summed E-state index contributed by atoms with van der Waals surface area (Å²) >= 11 is 0. The molecule has 0 radical (unpaired) electrons. The van der Waals surface area contributed by atoms with Crippen LogP contribution >= 0.6 is 0 Å². The Morgan fingerprint density at radius 2 is 2.08 bits per heavy atom. The standard InChI is InChI=1S/C10H10FN/c1-4-6-8(3)10(11)9(5-2)7-12/h4-6H,1-2H2,3H3/b8-6-,10-9-. The van der Waals surface area contributed by atoms with Gasteiger partial charge in [-0.1, -0.05) is 25.3 Å². The summed E-state index contributed by atoms with van der Waals surface area (Å²) in [6, 6.07) is 1.70. The molecule has 0 bridgehead atoms. The van der Waals surface area contributed by atoms with Gasteiger partial charge in [-0.3, -0.25) is 0 Å². The van der Waals surface area contributed by atoms with Crippen molar-refractivity contribution in [2.45, 2.75) is 6.92 Å². The fraction of sp³-hybridized carbons (Fsp3) is 0.100. The molecule has 0 aromatic rings. The molecule has 2 heteroatoms. The molecular weight excluding hydrogens is 153 g/mol. The molecule has 0 spiro atoms. The normalized spacial score (nSPS) is 12.9. The topological polar surface area (TPSA) is 23.8 Å². The van der Waals surface area contributed by atoms with Crippen LogP contribution in [0.5, 0.6) is 0 Å². The van der Waals surface area contributed by atoms with E-state index in [1.165, 1.54) is 18.2 Å². The number of hydrogen-bond donors (Lipinski definition) is 0. The van der Waals surface area contributed by atoms with Crippen LogP contribution in [0.2, 0.25) is 0 Å². The second kappa shape index (κ2) is 5.09. The minimum atomic E-state index is -0.549. The van der Waals surface area contributed by atoms with Crippen LogP contribution in [0.4, 0.5) is 4.39 Å². The molecule has 0 unspecified atom stereocenters. The third kappa shape index (κ3) is 2.55. The predicted molar refractivity (Wildman–Crippen MR) is 47.9 cm³/mol. The van der Waals surface area contributed by atoms with Crippen molar-refractivity contribution >= 4 is 0 Å². The monoisotopic (exact) mass is 163 g/mol. The first-order valence-corrected chi connectivity index (χ1v) is 3.39. The molecule has 0 N–H and O–H groups in total. The van der Waals surface area contributed by atoms with Crippen LogP contribution in [0.15, 0.2) is 48.4 Å². The Bertz CT molecular complexity index is 289. The number of nitriles is 1. The second-order valence-corrected chi connectivity index (χ2v) is 2.13. The van der Waals surface area contributed by atoms with Gasteiger partial charge < -0.3 is 0 Å². The summed E-state index contributed by atoms with van der Waals surface area (Å²) < 4.78 is 13.1. The summed E-state index contributed by atoms with van der Waals surface area (Å²) in [5, 5.41) is 8.44. The van der Waals surface area contributed by atoms with Crippen molar-refractivity contribution in [3.05, 3.63) is 48.4 Å². The maximum Gasteiger partial charge on any atom is 0.143 e. The average Bonchev–Trinajstić information content (AvgIpc) is 2.07. The largest absolute Gasteiger partial charge is 0.205 e. The Labute approximate surface area is 71.8 Å². The molecular formula is C10H10FN. The van der Waals surface area contributed by atoms with Gasteiger partial charge in [0.15, 0.2) is 0 Å². The lowest BCUT2D eigenvalue weighted by Gasteiger charge is -1.95. The maximum absolute atomic E-state index is 13.1. The molecule has 0 amide bonds. The zero-order valence-electron chi connectivity index (χ0n) is 6.97. The van der Waals surface area contributed by atoms with Crippen molar-refractivity contribution in [1.82, 2.24) is 0 Å². The highest BCUT2D eigenvalue weighted by molar-refractivity contribution is 5.42. The van der Waals surface area contributed by atoms with Gasteiger partial charge in [0.2, 0.25) is 0 Å². The molecule has 62 valence electrons. The van der Waals surface area contributed by atoms with Gasteiger partial charge in [-0.05, 0) is 18.6 Å². The first-order chi connectivity index (χ1) is 5.67. The lowest BCUT2D eigenvalue weighted by molar-refractivity contribution is 0.646. The van der Waals surface area contributed by atoms with E-state index >= 15 is 0 Å². The van der Waals surface area contributed by atoms with E-state index in [0.717, 1.165) is 0 Å². The Kier molecular flexibility index (Phi) is 4.40. The van der Waals surface area contributed by atoms with E-state index in [1.807, 2.05) is 0 Å². The molecule has 0 saturated carbocycles. The fourth-order valence-electron chi connectivity index (χ4n) is 0.647. The highest BCUT2D eigenvalue weighted by Gasteiger charge is 2.03. The molecule has 0 aliphatic carbocycles. The van der Waals surface area contributed by atoms with E-state index in [0.29, 0.717) is 5.57 Å². The smallest absolute Gasteiger partial charge is 0.143 e. The molecule has 0 fully saturated rings. The van der Waals surface area contributed by atoms with Crippen LogP contribution < -0.4 is 0 Å². The van der Waals surface area contributed by atoms with Gasteiger partial charge in [-0.25, -0.2) is 4.39 Å². The van der Waals surface area contributed by atoms with E-state index in [2.05, 4.69) is 13.2 Å². The van der Waals surface area contributed by atoms with Gasteiger partial charge >= 0.3 is 0 Å². The van der Waals surface area contributed by atoms with E-state index in [1.54, 1.807) is 13.0 Å². The van der Waals surface area contributed by atoms with Crippen LogP contribution in [0.25, 0.3) is 0 Å². The fourth-order valence-corrected chi connectivity index (χ4v) is 0.647. The number of halogens is 1. The van der Waals surface area contributed by atoms with Crippen molar-refractivity contribution in [2.75, 3.05) is 0 Å². The van der Waals surface area contributed by atoms with E-state index in [-0.39, 0.29) is 5.57 Å². The summed E-state index contributed by atoms with van der Waals surface area (Å²) in [7, 11) is 0. The Balaban J connectivity index is 5.02. The highest BCUT2D eigenvalue weighted by atomic mass is 19.1. The lowest BCUT2D eigenvalue weighted by atomic mass is 10.1. The molecule has 0 rings (SSSR count). The maximum atomic E-state index is 13.1. The molecule has 0 saturated heterocycles. The van der Waals surface area contributed by atoms with E-state index in [4.69, 9.17) is 5.26 Å². The minimum Gasteiger partial charge on any atom is -0.205 e. The molecule has 12 heavy (non-hydrogen) atoms. The lowest BCUT2D eigenvalue weighted by Crippen LogP contribution is -1.82. The van der Waals surface area contributed by atoms with Gasteiger partial charge in [0.25, 0.3) is 0 Å². The molecule has 1 nitrogen and oxygen atoms in total. The van der Waals surface area contributed by atoms with Gasteiger partial charge in [0.1, 0.15) is 11.9 Å². The summed E-state index contributed by atoms with van der Waals surface area (Å²) in [6.45, 7) is 8.31. The first-order valence-electron chi connectivity index (χ1n) is 3.39. The zero-order chi connectivity index (χ0) is 9.56. The van der Waals surface area contributed by atoms with Crippen molar-refractivity contribution in [2.24, 2.45) is 0 Å². The molecule has 0 aliphatic heterocycles. The molecule has 0 heterocycles. The van der Waals surface area contributed by atoms with Crippen LogP contribution in [-0.2, 0) is 0 Å². The second-order valence-electron chi connectivity index (χ2n) is 2.13. The van der Waals surface area contributed by atoms with Gasteiger partial charge in [-0.2, -0.15) is 5.26 Å². The van der Waals surface area contributed by atoms with Gasteiger partial charge in [0.05, 0.1) is 5.57 Å². The highest BCUT2D eigenvalue weighted by Crippen LogP contribution is 2.16. The SMILES string of the molecule is C=C/C=C(C)\C(F)=C(\C#N)C=C.